The molecule has 0 aromatic heterocycles. The average molecular weight is 590 g/mol. The van der Waals surface area contributed by atoms with Crippen LogP contribution in [0.15, 0.2) is 70.6 Å². The molecule has 1 heterocycles. The molecular formula is C27H39N7O4S2. The first-order valence-electron chi connectivity index (χ1n) is 13.2. The van der Waals surface area contributed by atoms with Crippen molar-refractivity contribution in [3.63, 3.8) is 0 Å². The molecule has 0 spiro atoms. The largest absolute Gasteiger partial charge is 0.370 e. The summed E-state index contributed by atoms with van der Waals surface area (Å²) < 4.78 is 25.8. The predicted molar refractivity (Wildman–Crippen MR) is 159 cm³/mol. The number of hydrogen-bond acceptors (Lipinski definition) is 7. The van der Waals surface area contributed by atoms with Crippen LogP contribution in [0, 0.1) is 0 Å². The molecule has 3 amide bonds. The molecule has 2 aromatic rings. The van der Waals surface area contributed by atoms with Gasteiger partial charge in [0.05, 0.1) is 4.90 Å². The molecule has 1 aliphatic rings. The second-order valence-electron chi connectivity index (χ2n) is 9.69. The van der Waals surface area contributed by atoms with Gasteiger partial charge in [-0.2, -0.15) is 0 Å². The van der Waals surface area contributed by atoms with Crippen LogP contribution in [-0.2, 0) is 20.1 Å². The maximum atomic E-state index is 13.6. The van der Waals surface area contributed by atoms with E-state index in [9.17, 15) is 18.0 Å². The Morgan fingerprint density at radius 1 is 0.975 bits per heavy atom. The molecule has 1 fully saturated rings. The fraction of sp³-hybridized carbons (Fsp3) is 0.444. The Hall–Kier alpha value is -3.29. The van der Waals surface area contributed by atoms with Crippen molar-refractivity contribution in [2.24, 2.45) is 16.5 Å². The number of carbonyl (C=O) groups is 2. The molecule has 40 heavy (non-hydrogen) atoms. The van der Waals surface area contributed by atoms with E-state index < -0.39 is 21.0 Å². The van der Waals surface area contributed by atoms with Gasteiger partial charge in [0.1, 0.15) is 6.04 Å². The SMILES string of the molecule is CN1CCN(C(=O)N[C@@H](Cc2ccccc2)C(=O)N[C@@H](CCCN=C(N)N)CSS(=O)(=O)c2ccccc2)CC1. The normalized spacial score (nSPS) is 15.6. The lowest BCUT2D eigenvalue weighted by atomic mass is 10.0. The van der Waals surface area contributed by atoms with Gasteiger partial charge in [0, 0.05) is 50.9 Å². The number of guanidine groups is 1. The lowest BCUT2D eigenvalue weighted by Gasteiger charge is -2.33. The summed E-state index contributed by atoms with van der Waals surface area (Å²) >= 11 is 0. The summed E-state index contributed by atoms with van der Waals surface area (Å²) in [7, 11) is -0.850. The maximum absolute atomic E-state index is 13.6. The van der Waals surface area contributed by atoms with Gasteiger partial charge in [-0.05, 0) is 48.4 Å². The van der Waals surface area contributed by atoms with E-state index in [0.717, 1.165) is 29.4 Å². The monoisotopic (exact) mass is 589 g/mol. The number of urea groups is 1. The molecule has 1 aliphatic heterocycles. The third-order valence-electron chi connectivity index (χ3n) is 6.50. The van der Waals surface area contributed by atoms with Gasteiger partial charge in [-0.1, -0.05) is 48.5 Å². The van der Waals surface area contributed by atoms with Crippen molar-refractivity contribution in [1.29, 1.82) is 0 Å². The van der Waals surface area contributed by atoms with Crippen molar-refractivity contribution in [2.75, 3.05) is 45.5 Å². The van der Waals surface area contributed by atoms with Crippen LogP contribution < -0.4 is 22.1 Å². The molecular weight excluding hydrogens is 550 g/mol. The molecule has 1 saturated heterocycles. The first kappa shape index (κ1) is 31.2. The van der Waals surface area contributed by atoms with E-state index >= 15 is 0 Å². The second kappa shape index (κ2) is 15.5. The Balaban J connectivity index is 1.72. The van der Waals surface area contributed by atoms with Crippen LogP contribution in [0.5, 0.6) is 0 Å². The van der Waals surface area contributed by atoms with Gasteiger partial charge in [0.15, 0.2) is 5.96 Å². The van der Waals surface area contributed by atoms with Crippen molar-refractivity contribution < 1.29 is 18.0 Å². The van der Waals surface area contributed by atoms with Gasteiger partial charge >= 0.3 is 6.03 Å². The van der Waals surface area contributed by atoms with Gasteiger partial charge in [-0.15, -0.1) is 0 Å². The summed E-state index contributed by atoms with van der Waals surface area (Å²) in [6.07, 6.45) is 1.28. The zero-order valence-electron chi connectivity index (χ0n) is 22.7. The number of likely N-dealkylation sites (N-methyl/N-ethyl adjacent to an activating group) is 1. The van der Waals surface area contributed by atoms with Crippen molar-refractivity contribution in [3.8, 4) is 0 Å². The number of piperazine rings is 1. The Morgan fingerprint density at radius 2 is 1.60 bits per heavy atom. The number of amides is 3. The maximum Gasteiger partial charge on any atom is 0.318 e. The van der Waals surface area contributed by atoms with Gasteiger partial charge < -0.3 is 31.9 Å². The third-order valence-corrected chi connectivity index (χ3v) is 10.1. The van der Waals surface area contributed by atoms with Crippen molar-refractivity contribution in [2.45, 2.75) is 36.2 Å². The second-order valence-corrected chi connectivity index (χ2v) is 13.7. The lowest BCUT2D eigenvalue weighted by molar-refractivity contribution is -0.123. The highest BCUT2D eigenvalue weighted by Gasteiger charge is 2.28. The number of hydrogen-bond donors (Lipinski definition) is 4. The van der Waals surface area contributed by atoms with E-state index in [-0.39, 0.29) is 28.5 Å². The van der Waals surface area contributed by atoms with E-state index in [2.05, 4.69) is 20.5 Å². The van der Waals surface area contributed by atoms with Crippen LogP contribution in [0.4, 0.5) is 4.79 Å². The van der Waals surface area contributed by atoms with Crippen LogP contribution in [-0.4, -0.2) is 93.7 Å². The molecule has 0 saturated carbocycles. The van der Waals surface area contributed by atoms with Crippen molar-refractivity contribution >= 4 is 37.6 Å². The summed E-state index contributed by atoms with van der Waals surface area (Å²) in [5.74, 6) is -0.290. The van der Waals surface area contributed by atoms with Crippen molar-refractivity contribution in [1.82, 2.24) is 20.4 Å². The fourth-order valence-corrected chi connectivity index (χ4v) is 7.17. The summed E-state index contributed by atoms with van der Waals surface area (Å²) in [5.41, 5.74) is 11.7. The summed E-state index contributed by atoms with van der Waals surface area (Å²) in [5, 5.41) is 5.90. The van der Waals surface area contributed by atoms with Crippen LogP contribution in [0.1, 0.15) is 18.4 Å². The zero-order chi connectivity index (χ0) is 29.0. The lowest BCUT2D eigenvalue weighted by Crippen LogP contribution is -2.57. The molecule has 2 aromatic carbocycles. The number of benzene rings is 2. The van der Waals surface area contributed by atoms with E-state index in [1.807, 2.05) is 37.4 Å². The number of nitrogens with one attached hydrogen (secondary N) is 2. The Labute approximate surface area is 240 Å². The molecule has 0 unspecified atom stereocenters. The predicted octanol–water partition coefficient (Wildman–Crippen LogP) is 1.22. The van der Waals surface area contributed by atoms with Gasteiger partial charge in [-0.3, -0.25) is 9.79 Å². The van der Waals surface area contributed by atoms with E-state index in [1.165, 1.54) is 0 Å². The Morgan fingerprint density at radius 3 is 2.23 bits per heavy atom. The summed E-state index contributed by atoms with van der Waals surface area (Å²) in [6.45, 7) is 3.01. The minimum Gasteiger partial charge on any atom is -0.370 e. The Bertz CT molecular complexity index is 1220. The molecule has 0 aliphatic carbocycles. The number of aliphatic imine (C=N–C) groups is 1. The molecule has 0 bridgehead atoms. The number of carbonyl (C=O) groups excluding carboxylic acids is 2. The molecule has 218 valence electrons. The van der Waals surface area contributed by atoms with Gasteiger partial charge in [0.2, 0.25) is 14.8 Å². The molecule has 0 radical (unpaired) electrons. The average Bonchev–Trinajstić information content (AvgIpc) is 2.94. The topological polar surface area (TPSA) is 163 Å². The molecule has 3 rings (SSSR count). The van der Waals surface area contributed by atoms with Crippen LogP contribution in [0.2, 0.25) is 0 Å². The minimum absolute atomic E-state index is 0.0313. The third kappa shape index (κ3) is 10.4. The molecule has 6 N–H and O–H groups in total. The first-order valence-corrected chi connectivity index (χ1v) is 16.2. The highest BCUT2D eigenvalue weighted by molar-refractivity contribution is 8.72. The van der Waals surface area contributed by atoms with Gasteiger partial charge in [-0.25, -0.2) is 13.2 Å². The van der Waals surface area contributed by atoms with Gasteiger partial charge in [0.25, 0.3) is 0 Å². The van der Waals surface area contributed by atoms with Crippen LogP contribution in [0.25, 0.3) is 0 Å². The highest BCUT2D eigenvalue weighted by Crippen LogP contribution is 2.24. The molecule has 11 nitrogen and oxygen atoms in total. The first-order chi connectivity index (χ1) is 19.1. The Kier molecular flexibility index (Phi) is 12.1. The minimum atomic E-state index is -3.62. The number of nitrogens with two attached hydrogens (primary N) is 2. The summed E-state index contributed by atoms with van der Waals surface area (Å²) in [4.78, 5) is 34.7. The standard InChI is InChI=1S/C27H39N7O4S2/c1-33-15-17-34(18-16-33)27(36)32-24(19-21-9-4-2-5-10-21)25(35)31-22(11-8-14-30-26(28)29)20-39-40(37,38)23-12-6-3-7-13-23/h2-7,9-10,12-13,22,24H,8,11,14-20H2,1H3,(H,31,35)(H,32,36)(H4,28,29,30)/t22-,24-/m0/s1. The number of nitrogens with zero attached hydrogens (tertiary/aromatic N) is 3. The van der Waals surface area contributed by atoms with Crippen LogP contribution in [0.3, 0.4) is 0 Å². The number of rotatable bonds is 13. The quantitative estimate of drug-likeness (QED) is 0.117. The summed E-state index contributed by atoms with van der Waals surface area (Å²) in [6, 6.07) is 16.0. The molecule has 13 heteroatoms. The van der Waals surface area contributed by atoms with E-state index in [1.54, 1.807) is 35.2 Å². The fourth-order valence-electron chi connectivity index (χ4n) is 4.18. The van der Waals surface area contributed by atoms with Crippen molar-refractivity contribution in [3.05, 3.63) is 66.2 Å². The highest BCUT2D eigenvalue weighted by atomic mass is 33.1. The molecule has 2 atom stereocenters. The smallest absolute Gasteiger partial charge is 0.318 e. The zero-order valence-corrected chi connectivity index (χ0v) is 24.4. The van der Waals surface area contributed by atoms with E-state index in [0.29, 0.717) is 38.9 Å². The van der Waals surface area contributed by atoms with E-state index in [4.69, 9.17) is 11.5 Å². The van der Waals surface area contributed by atoms with Crippen LogP contribution >= 0.6 is 10.8 Å².